The second kappa shape index (κ2) is 9.62. The molecule has 0 radical (unpaired) electrons. The van der Waals surface area contributed by atoms with E-state index >= 15 is 0 Å². The Labute approximate surface area is 157 Å². The number of benzene rings is 2. The topological polar surface area (TPSA) is 72.5 Å². The molecule has 0 aliphatic carbocycles. The van der Waals surface area contributed by atoms with Crippen LogP contribution >= 0.6 is 0 Å². The number of Topliss-reactive ketones (excluding diaryl/α,β-unsaturated/α-hetero) is 1. The molecule has 0 unspecified atom stereocenters. The first-order valence-electron chi connectivity index (χ1n) is 8.73. The molecule has 0 saturated heterocycles. The third kappa shape index (κ3) is 5.74. The maximum atomic E-state index is 13.2. The average Bonchev–Trinajstić information content (AvgIpc) is 2.69. The number of halogens is 1. The van der Waals surface area contributed by atoms with Gasteiger partial charge in [-0.15, -0.1) is 0 Å². The zero-order valence-electron chi connectivity index (χ0n) is 15.3. The van der Waals surface area contributed by atoms with Crippen molar-refractivity contribution in [3.8, 4) is 0 Å². The molecule has 142 valence electrons. The number of esters is 1. The van der Waals surface area contributed by atoms with Gasteiger partial charge >= 0.3 is 5.97 Å². The summed E-state index contributed by atoms with van der Waals surface area (Å²) < 4.78 is 18.3. The Balaban J connectivity index is 2.02. The van der Waals surface area contributed by atoms with Gasteiger partial charge < -0.3 is 10.1 Å². The van der Waals surface area contributed by atoms with E-state index in [0.29, 0.717) is 12.0 Å². The Hall–Kier alpha value is -3.02. The number of rotatable bonds is 8. The molecule has 0 aliphatic heterocycles. The van der Waals surface area contributed by atoms with Crippen LogP contribution in [0.25, 0.3) is 0 Å². The molecule has 6 heteroatoms. The molecule has 2 rings (SSSR count). The molecule has 0 saturated carbocycles. The quantitative estimate of drug-likeness (QED) is 0.570. The number of amides is 1. The monoisotopic (exact) mass is 371 g/mol. The summed E-state index contributed by atoms with van der Waals surface area (Å²) >= 11 is 0. The minimum Gasteiger partial charge on any atom is -0.456 e. The van der Waals surface area contributed by atoms with Crippen LogP contribution in [0.15, 0.2) is 54.6 Å². The van der Waals surface area contributed by atoms with Gasteiger partial charge in [0.05, 0.1) is 0 Å². The number of hydrogen-bond acceptors (Lipinski definition) is 4. The van der Waals surface area contributed by atoms with Gasteiger partial charge in [-0.25, -0.2) is 9.18 Å². The molecular weight excluding hydrogens is 349 g/mol. The second-order valence-corrected chi connectivity index (χ2v) is 6.24. The van der Waals surface area contributed by atoms with Gasteiger partial charge in [-0.1, -0.05) is 50.6 Å². The molecule has 1 N–H and O–H groups in total. The number of ketones is 1. The lowest BCUT2D eigenvalue weighted by molar-refractivity contribution is -0.146. The average molecular weight is 371 g/mol. The first-order chi connectivity index (χ1) is 12.9. The van der Waals surface area contributed by atoms with E-state index in [1.807, 2.05) is 13.8 Å². The lowest BCUT2D eigenvalue weighted by atomic mass is 9.98. The van der Waals surface area contributed by atoms with Crippen molar-refractivity contribution in [1.82, 2.24) is 5.32 Å². The molecule has 0 spiro atoms. The van der Waals surface area contributed by atoms with Gasteiger partial charge in [0.1, 0.15) is 11.9 Å². The van der Waals surface area contributed by atoms with Crippen LogP contribution in [0.5, 0.6) is 0 Å². The Morgan fingerprint density at radius 2 is 1.70 bits per heavy atom. The largest absolute Gasteiger partial charge is 0.456 e. The highest BCUT2D eigenvalue weighted by atomic mass is 19.1. The fraction of sp³-hybridized carbons (Fsp3) is 0.286. The van der Waals surface area contributed by atoms with Crippen LogP contribution in [0.4, 0.5) is 4.39 Å². The minimum atomic E-state index is -0.886. The van der Waals surface area contributed by atoms with Crippen LogP contribution in [0.2, 0.25) is 0 Å². The van der Waals surface area contributed by atoms with Crippen molar-refractivity contribution in [3.63, 3.8) is 0 Å². The fourth-order valence-corrected chi connectivity index (χ4v) is 2.46. The third-order valence-electron chi connectivity index (χ3n) is 4.28. The molecule has 2 atom stereocenters. The first kappa shape index (κ1) is 20.3. The zero-order chi connectivity index (χ0) is 19.8. The Morgan fingerprint density at radius 1 is 1.04 bits per heavy atom. The van der Waals surface area contributed by atoms with E-state index in [1.165, 1.54) is 18.2 Å². The van der Waals surface area contributed by atoms with Gasteiger partial charge in [0.25, 0.3) is 5.91 Å². The summed E-state index contributed by atoms with van der Waals surface area (Å²) in [6.45, 7) is 3.18. The van der Waals surface area contributed by atoms with E-state index < -0.39 is 36.1 Å². The highest BCUT2D eigenvalue weighted by Gasteiger charge is 2.28. The Morgan fingerprint density at radius 3 is 2.33 bits per heavy atom. The van der Waals surface area contributed by atoms with E-state index in [2.05, 4.69) is 5.32 Å². The van der Waals surface area contributed by atoms with Gasteiger partial charge in [-0.2, -0.15) is 0 Å². The van der Waals surface area contributed by atoms with E-state index in [4.69, 9.17) is 4.74 Å². The maximum Gasteiger partial charge on any atom is 0.329 e. The van der Waals surface area contributed by atoms with Crippen molar-refractivity contribution in [3.05, 3.63) is 71.5 Å². The van der Waals surface area contributed by atoms with Crippen molar-refractivity contribution >= 4 is 17.7 Å². The Bertz CT molecular complexity index is 807. The highest BCUT2D eigenvalue weighted by Crippen LogP contribution is 2.12. The number of ether oxygens (including phenoxy) is 1. The fourth-order valence-electron chi connectivity index (χ4n) is 2.46. The van der Waals surface area contributed by atoms with E-state index in [-0.39, 0.29) is 11.5 Å². The van der Waals surface area contributed by atoms with E-state index in [1.54, 1.807) is 30.3 Å². The highest BCUT2D eigenvalue weighted by molar-refractivity contribution is 5.99. The van der Waals surface area contributed by atoms with Gasteiger partial charge in [0.15, 0.2) is 12.4 Å². The van der Waals surface area contributed by atoms with Crippen LogP contribution in [-0.4, -0.2) is 30.3 Å². The second-order valence-electron chi connectivity index (χ2n) is 6.24. The molecular formula is C21H22FNO4. The number of nitrogens with one attached hydrogen (secondary N) is 1. The third-order valence-corrected chi connectivity index (χ3v) is 4.28. The van der Waals surface area contributed by atoms with Crippen LogP contribution < -0.4 is 5.32 Å². The predicted molar refractivity (Wildman–Crippen MR) is 98.8 cm³/mol. The smallest absolute Gasteiger partial charge is 0.329 e. The molecule has 27 heavy (non-hydrogen) atoms. The van der Waals surface area contributed by atoms with Crippen LogP contribution in [0.1, 0.15) is 41.0 Å². The molecule has 0 heterocycles. The van der Waals surface area contributed by atoms with Gasteiger partial charge in [0, 0.05) is 11.1 Å². The summed E-state index contributed by atoms with van der Waals surface area (Å²) in [5.41, 5.74) is 0.547. The standard InChI is InChI=1S/C21H22FNO4/c1-3-14(2)19(23-20(25)15-8-5-4-6-9-15)21(26)27-13-18(24)16-10-7-11-17(22)12-16/h4-12,14,19H,3,13H2,1-2H3,(H,23,25)/t14-,19-/m0/s1. The van der Waals surface area contributed by atoms with Crippen molar-refractivity contribution in [2.75, 3.05) is 6.61 Å². The maximum absolute atomic E-state index is 13.2. The molecule has 1 amide bonds. The summed E-state index contributed by atoms with van der Waals surface area (Å²) in [7, 11) is 0. The minimum absolute atomic E-state index is 0.121. The van der Waals surface area contributed by atoms with E-state index in [9.17, 15) is 18.8 Å². The molecule has 0 aliphatic rings. The summed E-state index contributed by atoms with van der Waals surface area (Å²) in [5, 5.41) is 2.67. The van der Waals surface area contributed by atoms with Crippen molar-refractivity contribution in [2.45, 2.75) is 26.3 Å². The van der Waals surface area contributed by atoms with Crippen molar-refractivity contribution < 1.29 is 23.5 Å². The normalized spacial score (nSPS) is 12.7. The number of carbonyl (C=O) groups excluding carboxylic acids is 3. The molecule has 5 nitrogen and oxygen atoms in total. The lowest BCUT2D eigenvalue weighted by Gasteiger charge is -2.22. The Kier molecular flexibility index (Phi) is 7.23. The van der Waals surface area contributed by atoms with Crippen molar-refractivity contribution in [1.29, 1.82) is 0 Å². The molecule has 0 aromatic heterocycles. The molecule has 2 aromatic rings. The van der Waals surface area contributed by atoms with Crippen molar-refractivity contribution in [2.24, 2.45) is 5.92 Å². The summed E-state index contributed by atoms with van der Waals surface area (Å²) in [4.78, 5) is 36.9. The number of carbonyl (C=O) groups is 3. The molecule has 0 fully saturated rings. The summed E-state index contributed by atoms with van der Waals surface area (Å²) in [5.74, 6) is -2.33. The van der Waals surface area contributed by atoms with Crippen LogP contribution in [-0.2, 0) is 9.53 Å². The molecule has 0 bridgehead atoms. The SMILES string of the molecule is CC[C@H](C)[C@H](NC(=O)c1ccccc1)C(=O)OCC(=O)c1cccc(F)c1. The first-order valence-corrected chi connectivity index (χ1v) is 8.73. The lowest BCUT2D eigenvalue weighted by Crippen LogP contribution is -2.46. The van der Waals surface area contributed by atoms with Gasteiger partial charge in [0.2, 0.25) is 0 Å². The van der Waals surface area contributed by atoms with Crippen LogP contribution in [0.3, 0.4) is 0 Å². The number of hydrogen-bond donors (Lipinski definition) is 1. The van der Waals surface area contributed by atoms with Crippen LogP contribution in [0, 0.1) is 11.7 Å². The van der Waals surface area contributed by atoms with Gasteiger partial charge in [-0.05, 0) is 30.2 Å². The van der Waals surface area contributed by atoms with E-state index in [0.717, 1.165) is 6.07 Å². The molecule has 2 aromatic carbocycles. The predicted octanol–water partition coefficient (Wildman–Crippen LogP) is 3.40. The summed E-state index contributed by atoms with van der Waals surface area (Å²) in [6.07, 6.45) is 0.632. The van der Waals surface area contributed by atoms with Gasteiger partial charge in [-0.3, -0.25) is 9.59 Å². The zero-order valence-corrected chi connectivity index (χ0v) is 15.3. The summed E-state index contributed by atoms with van der Waals surface area (Å²) in [6, 6.07) is 12.8.